The van der Waals surface area contributed by atoms with E-state index in [1.54, 1.807) is 7.05 Å². The quantitative estimate of drug-likeness (QED) is 0.301. The Labute approximate surface area is 90.6 Å². The van der Waals surface area contributed by atoms with E-state index in [0.29, 0.717) is 5.96 Å². The van der Waals surface area contributed by atoms with Crippen LogP contribution in [0, 0.1) is 0 Å². The number of nitrogens with one attached hydrogen (secondary N) is 2. The zero-order valence-electron chi connectivity index (χ0n) is 9.20. The number of aliphatic imine (C=N–C) groups is 1. The molecule has 1 aromatic carbocycles. The first-order valence-corrected chi connectivity index (χ1v) is 5.06. The molecule has 0 fully saturated rings. The number of rotatable bonds is 3. The van der Waals surface area contributed by atoms with Gasteiger partial charge < -0.3 is 5.32 Å². The van der Waals surface area contributed by atoms with Gasteiger partial charge in [0.25, 0.3) is 0 Å². The van der Waals surface area contributed by atoms with Gasteiger partial charge in [-0.2, -0.15) is 0 Å². The lowest BCUT2D eigenvalue weighted by molar-refractivity contribution is 0.611. The molecular formula is C11H18N4. The van der Waals surface area contributed by atoms with Crippen LogP contribution >= 0.6 is 0 Å². The van der Waals surface area contributed by atoms with Crippen molar-refractivity contribution in [3.05, 3.63) is 35.9 Å². The van der Waals surface area contributed by atoms with E-state index in [1.165, 1.54) is 5.56 Å². The van der Waals surface area contributed by atoms with E-state index in [-0.39, 0.29) is 6.04 Å². The summed E-state index contributed by atoms with van der Waals surface area (Å²) in [6.45, 7) is 2.12. The largest absolute Gasteiger partial charge is 0.349 e. The maximum Gasteiger partial charge on any atom is 0.205 e. The van der Waals surface area contributed by atoms with Crippen LogP contribution in [0.5, 0.6) is 0 Å². The number of benzene rings is 1. The highest BCUT2D eigenvalue weighted by atomic mass is 15.3. The summed E-state index contributed by atoms with van der Waals surface area (Å²) in [5, 5.41) is 3.23. The van der Waals surface area contributed by atoms with E-state index in [1.807, 2.05) is 18.2 Å². The first-order valence-electron chi connectivity index (χ1n) is 5.06. The van der Waals surface area contributed by atoms with Crippen LogP contribution in [0.1, 0.15) is 24.9 Å². The lowest BCUT2D eigenvalue weighted by Crippen LogP contribution is -2.43. The molecule has 4 nitrogen and oxygen atoms in total. The van der Waals surface area contributed by atoms with Crippen LogP contribution in [0.4, 0.5) is 0 Å². The molecule has 0 saturated carbocycles. The second kappa shape index (κ2) is 6.03. The molecule has 0 amide bonds. The van der Waals surface area contributed by atoms with E-state index in [9.17, 15) is 0 Å². The normalized spacial score (nSPS) is 13.4. The molecule has 0 aliphatic rings. The van der Waals surface area contributed by atoms with Crippen molar-refractivity contribution < 1.29 is 0 Å². The number of hydrazine groups is 1. The number of nitrogens with zero attached hydrogens (tertiary/aromatic N) is 1. The summed E-state index contributed by atoms with van der Waals surface area (Å²) in [5.41, 5.74) is 3.76. The summed E-state index contributed by atoms with van der Waals surface area (Å²) in [7, 11) is 1.69. The minimum absolute atomic E-state index is 0.237. The van der Waals surface area contributed by atoms with Crippen LogP contribution in [-0.2, 0) is 0 Å². The van der Waals surface area contributed by atoms with Crippen LogP contribution in [-0.4, -0.2) is 13.0 Å². The predicted octanol–water partition coefficient (Wildman–Crippen LogP) is 1.18. The molecule has 0 aliphatic heterocycles. The lowest BCUT2D eigenvalue weighted by Gasteiger charge is -2.19. The molecule has 4 heteroatoms. The van der Waals surface area contributed by atoms with E-state index < -0.39 is 0 Å². The molecule has 1 atom stereocenters. The molecule has 0 aliphatic carbocycles. The van der Waals surface area contributed by atoms with Crippen LogP contribution in [0.15, 0.2) is 35.3 Å². The Morgan fingerprint density at radius 2 is 2.07 bits per heavy atom. The average Bonchev–Trinajstić information content (AvgIpc) is 2.32. The first kappa shape index (κ1) is 11.5. The van der Waals surface area contributed by atoms with Crippen molar-refractivity contribution in [2.75, 3.05) is 7.05 Å². The third kappa shape index (κ3) is 3.25. The molecular weight excluding hydrogens is 188 g/mol. The van der Waals surface area contributed by atoms with Gasteiger partial charge in [0.1, 0.15) is 0 Å². The molecule has 0 bridgehead atoms. The molecule has 1 rings (SSSR count). The fourth-order valence-electron chi connectivity index (χ4n) is 1.44. The van der Waals surface area contributed by atoms with Gasteiger partial charge in [-0.1, -0.05) is 37.3 Å². The van der Waals surface area contributed by atoms with E-state index >= 15 is 0 Å². The van der Waals surface area contributed by atoms with Gasteiger partial charge in [-0.25, -0.2) is 5.84 Å². The second-order valence-corrected chi connectivity index (χ2v) is 3.23. The highest BCUT2D eigenvalue weighted by Gasteiger charge is 2.09. The first-order chi connectivity index (χ1) is 7.31. The number of guanidine groups is 1. The van der Waals surface area contributed by atoms with Gasteiger partial charge in [0.05, 0.1) is 6.04 Å². The van der Waals surface area contributed by atoms with Gasteiger partial charge in [-0.3, -0.25) is 10.4 Å². The topological polar surface area (TPSA) is 62.4 Å². The van der Waals surface area contributed by atoms with Gasteiger partial charge in [0.15, 0.2) is 0 Å². The van der Waals surface area contributed by atoms with Crippen LogP contribution in [0.2, 0.25) is 0 Å². The van der Waals surface area contributed by atoms with E-state index in [2.05, 4.69) is 34.8 Å². The molecule has 0 heterocycles. The average molecular weight is 206 g/mol. The van der Waals surface area contributed by atoms with Gasteiger partial charge in [0, 0.05) is 7.05 Å². The predicted molar refractivity (Wildman–Crippen MR) is 63.3 cm³/mol. The zero-order chi connectivity index (χ0) is 11.1. The Bertz CT molecular complexity index is 308. The Morgan fingerprint density at radius 3 is 2.53 bits per heavy atom. The minimum Gasteiger partial charge on any atom is -0.349 e. The summed E-state index contributed by atoms with van der Waals surface area (Å²) < 4.78 is 0. The zero-order valence-corrected chi connectivity index (χ0v) is 9.20. The molecule has 0 aromatic heterocycles. The Kier molecular flexibility index (Phi) is 4.63. The van der Waals surface area contributed by atoms with Gasteiger partial charge in [-0.05, 0) is 12.0 Å². The Hall–Kier alpha value is -1.55. The second-order valence-electron chi connectivity index (χ2n) is 3.23. The fourth-order valence-corrected chi connectivity index (χ4v) is 1.44. The number of hydrogen-bond donors (Lipinski definition) is 3. The molecule has 0 saturated heterocycles. The monoisotopic (exact) mass is 206 g/mol. The maximum absolute atomic E-state index is 5.32. The van der Waals surface area contributed by atoms with E-state index in [0.717, 1.165) is 6.42 Å². The summed E-state index contributed by atoms with van der Waals surface area (Å²) in [5.74, 6) is 5.92. The maximum atomic E-state index is 5.32. The van der Waals surface area contributed by atoms with Crippen molar-refractivity contribution >= 4 is 5.96 Å². The van der Waals surface area contributed by atoms with Gasteiger partial charge >= 0.3 is 0 Å². The van der Waals surface area contributed by atoms with Crippen LogP contribution < -0.4 is 16.6 Å². The summed E-state index contributed by atoms with van der Waals surface area (Å²) in [4.78, 5) is 3.99. The summed E-state index contributed by atoms with van der Waals surface area (Å²) >= 11 is 0. The molecule has 0 radical (unpaired) electrons. The van der Waals surface area contributed by atoms with Crippen molar-refractivity contribution in [3.8, 4) is 0 Å². The molecule has 82 valence electrons. The Morgan fingerprint density at radius 1 is 1.40 bits per heavy atom. The highest BCUT2D eigenvalue weighted by Crippen LogP contribution is 2.15. The van der Waals surface area contributed by atoms with Crippen molar-refractivity contribution in [3.63, 3.8) is 0 Å². The van der Waals surface area contributed by atoms with Crippen LogP contribution in [0.3, 0.4) is 0 Å². The van der Waals surface area contributed by atoms with Crippen LogP contribution in [0.25, 0.3) is 0 Å². The standard InChI is InChI=1S/C11H18N4/c1-3-10(14-11(13-2)15-12)9-7-5-4-6-8-9/h4-8,10H,3,12H2,1-2H3,(H2,13,14,15). The van der Waals surface area contributed by atoms with Crippen molar-refractivity contribution in [1.82, 2.24) is 10.7 Å². The molecule has 4 N–H and O–H groups in total. The van der Waals surface area contributed by atoms with E-state index in [4.69, 9.17) is 5.84 Å². The van der Waals surface area contributed by atoms with Crippen molar-refractivity contribution in [2.24, 2.45) is 10.8 Å². The molecule has 1 unspecified atom stereocenters. The third-order valence-corrected chi connectivity index (χ3v) is 2.28. The summed E-state index contributed by atoms with van der Waals surface area (Å²) in [6, 6.07) is 10.5. The van der Waals surface area contributed by atoms with Crippen molar-refractivity contribution in [1.29, 1.82) is 0 Å². The SMILES string of the molecule is CCC(NC(=NC)NN)c1ccccc1. The third-order valence-electron chi connectivity index (χ3n) is 2.28. The van der Waals surface area contributed by atoms with Gasteiger partial charge in [0.2, 0.25) is 5.96 Å². The van der Waals surface area contributed by atoms with Gasteiger partial charge in [-0.15, -0.1) is 0 Å². The Balaban J connectivity index is 2.73. The summed E-state index contributed by atoms with van der Waals surface area (Å²) in [6.07, 6.45) is 0.977. The highest BCUT2D eigenvalue weighted by molar-refractivity contribution is 5.79. The molecule has 0 spiro atoms. The number of hydrogen-bond acceptors (Lipinski definition) is 2. The molecule has 1 aromatic rings. The number of nitrogens with two attached hydrogens (primary N) is 1. The van der Waals surface area contributed by atoms with Crippen molar-refractivity contribution in [2.45, 2.75) is 19.4 Å². The smallest absolute Gasteiger partial charge is 0.205 e. The molecule has 15 heavy (non-hydrogen) atoms. The minimum atomic E-state index is 0.237. The fraction of sp³-hybridized carbons (Fsp3) is 0.364. The lowest BCUT2D eigenvalue weighted by atomic mass is 10.1.